The minimum Gasteiger partial charge on any atom is -0.474 e. The van der Waals surface area contributed by atoms with Crippen LogP contribution in [0.1, 0.15) is 54.1 Å². The molecule has 3 N–H and O–H groups in total. The van der Waals surface area contributed by atoms with Crippen LogP contribution >= 0.6 is 12.4 Å². The minimum absolute atomic E-state index is 0. The van der Waals surface area contributed by atoms with E-state index >= 15 is 0 Å². The molecule has 1 aliphatic rings. The molecule has 1 aromatic carbocycles. The maximum absolute atomic E-state index is 12.3. The molecular formula is C21H28ClN3O2. The van der Waals surface area contributed by atoms with E-state index in [1.165, 1.54) is 12.8 Å². The number of nitrogens with zero attached hydrogens (tertiary/aromatic N) is 1. The second-order valence-corrected chi connectivity index (χ2v) is 7.09. The molecule has 0 bridgehead atoms. The summed E-state index contributed by atoms with van der Waals surface area (Å²) >= 11 is 0. The number of carbonyl (C=O) groups is 1. The van der Waals surface area contributed by atoms with E-state index in [9.17, 15) is 4.79 Å². The summed E-state index contributed by atoms with van der Waals surface area (Å²) in [6.07, 6.45) is 6.58. The summed E-state index contributed by atoms with van der Waals surface area (Å²) in [7, 11) is 0. The molecule has 27 heavy (non-hydrogen) atoms. The quantitative estimate of drug-likeness (QED) is 0.786. The van der Waals surface area contributed by atoms with Gasteiger partial charge in [-0.2, -0.15) is 0 Å². The fraction of sp³-hybridized carbons (Fsp3) is 0.429. The second kappa shape index (κ2) is 10.3. The lowest BCUT2D eigenvalue weighted by molar-refractivity contribution is 0.0950. The summed E-state index contributed by atoms with van der Waals surface area (Å²) < 4.78 is 6.03. The van der Waals surface area contributed by atoms with Gasteiger partial charge in [0.15, 0.2) is 0 Å². The summed E-state index contributed by atoms with van der Waals surface area (Å²) in [5.74, 6) is 1.33. The van der Waals surface area contributed by atoms with E-state index in [-0.39, 0.29) is 24.4 Å². The Balaban J connectivity index is 0.00000261. The standard InChI is InChI=1S/C21H27N3O2.ClH/c1-15-2-8-19(9-3-15)26-20-12-17(10-11-23-20)14-24-21(25)18-6-4-16(13-22)5-7-18;/h4-7,10-12,15,19H,2-3,8-9,13-14,22H2,1H3,(H,24,25);1H. The molecule has 5 nitrogen and oxygen atoms in total. The van der Waals surface area contributed by atoms with Crippen LogP contribution < -0.4 is 15.8 Å². The maximum atomic E-state index is 12.3. The lowest BCUT2D eigenvalue weighted by Crippen LogP contribution is -2.24. The summed E-state index contributed by atoms with van der Waals surface area (Å²) in [5.41, 5.74) is 8.20. The van der Waals surface area contributed by atoms with Crippen LogP contribution in [0.4, 0.5) is 0 Å². The molecule has 0 spiro atoms. The molecule has 1 amide bonds. The predicted octanol–water partition coefficient (Wildman–Crippen LogP) is 3.85. The summed E-state index contributed by atoms with van der Waals surface area (Å²) in [6.45, 7) is 3.21. The maximum Gasteiger partial charge on any atom is 0.251 e. The van der Waals surface area contributed by atoms with Crippen LogP contribution in [0.2, 0.25) is 0 Å². The van der Waals surface area contributed by atoms with Crippen LogP contribution in [0.15, 0.2) is 42.6 Å². The van der Waals surface area contributed by atoms with Crippen molar-refractivity contribution in [3.05, 3.63) is 59.3 Å². The van der Waals surface area contributed by atoms with Gasteiger partial charge >= 0.3 is 0 Å². The lowest BCUT2D eigenvalue weighted by atomic mass is 9.89. The Morgan fingerprint density at radius 3 is 2.52 bits per heavy atom. The molecule has 3 rings (SSSR count). The Labute approximate surface area is 167 Å². The topological polar surface area (TPSA) is 77.2 Å². The number of pyridine rings is 1. The zero-order valence-electron chi connectivity index (χ0n) is 15.7. The average Bonchev–Trinajstić information content (AvgIpc) is 2.68. The molecule has 1 heterocycles. The monoisotopic (exact) mass is 389 g/mol. The molecule has 146 valence electrons. The number of hydrogen-bond donors (Lipinski definition) is 2. The summed E-state index contributed by atoms with van der Waals surface area (Å²) in [6, 6.07) is 11.1. The van der Waals surface area contributed by atoms with Crippen molar-refractivity contribution in [1.82, 2.24) is 10.3 Å². The van der Waals surface area contributed by atoms with Crippen LogP contribution in [0.3, 0.4) is 0 Å². The average molecular weight is 390 g/mol. The van der Waals surface area contributed by atoms with Crippen LogP contribution in [-0.4, -0.2) is 17.0 Å². The smallest absolute Gasteiger partial charge is 0.251 e. The number of hydrogen-bond acceptors (Lipinski definition) is 4. The molecule has 1 aliphatic carbocycles. The number of nitrogens with one attached hydrogen (secondary N) is 1. The SMILES string of the molecule is CC1CCC(Oc2cc(CNC(=O)c3ccc(CN)cc3)ccn2)CC1.Cl. The first-order chi connectivity index (χ1) is 12.6. The number of carbonyl (C=O) groups excluding carboxylic acids is 1. The van der Waals surface area contributed by atoms with Crippen LogP contribution in [-0.2, 0) is 13.1 Å². The van der Waals surface area contributed by atoms with E-state index in [4.69, 9.17) is 10.5 Å². The molecule has 6 heteroatoms. The number of rotatable bonds is 6. The van der Waals surface area contributed by atoms with Gasteiger partial charge in [0, 0.05) is 30.9 Å². The molecule has 1 aromatic heterocycles. The molecule has 0 atom stereocenters. The Morgan fingerprint density at radius 2 is 1.85 bits per heavy atom. The third kappa shape index (κ3) is 6.22. The van der Waals surface area contributed by atoms with E-state index < -0.39 is 0 Å². The summed E-state index contributed by atoms with van der Waals surface area (Å²) in [5, 5.41) is 2.94. The lowest BCUT2D eigenvalue weighted by Gasteiger charge is -2.26. The van der Waals surface area contributed by atoms with E-state index in [0.29, 0.717) is 24.5 Å². The highest BCUT2D eigenvalue weighted by atomic mass is 35.5. The highest BCUT2D eigenvalue weighted by Crippen LogP contribution is 2.26. The summed E-state index contributed by atoms with van der Waals surface area (Å²) in [4.78, 5) is 16.6. The van der Waals surface area contributed by atoms with Crippen molar-refractivity contribution in [2.45, 2.75) is 51.8 Å². The van der Waals surface area contributed by atoms with Gasteiger partial charge in [-0.1, -0.05) is 19.1 Å². The third-order valence-corrected chi connectivity index (χ3v) is 4.95. The molecule has 0 saturated heterocycles. The third-order valence-electron chi connectivity index (χ3n) is 4.95. The number of nitrogens with two attached hydrogens (primary N) is 1. The molecule has 2 aromatic rings. The number of benzene rings is 1. The van der Waals surface area contributed by atoms with Crippen molar-refractivity contribution in [2.24, 2.45) is 11.7 Å². The first-order valence-corrected chi connectivity index (χ1v) is 9.33. The molecule has 1 saturated carbocycles. The molecular weight excluding hydrogens is 362 g/mol. The van der Waals surface area contributed by atoms with E-state index in [0.717, 1.165) is 29.9 Å². The number of ether oxygens (including phenoxy) is 1. The van der Waals surface area contributed by atoms with Gasteiger partial charge in [-0.25, -0.2) is 4.98 Å². The van der Waals surface area contributed by atoms with Crippen molar-refractivity contribution in [1.29, 1.82) is 0 Å². The fourth-order valence-corrected chi connectivity index (χ4v) is 3.22. The Bertz CT molecular complexity index is 728. The minimum atomic E-state index is -0.103. The van der Waals surface area contributed by atoms with Gasteiger partial charge in [-0.15, -0.1) is 12.4 Å². The van der Waals surface area contributed by atoms with Crippen LogP contribution in [0, 0.1) is 5.92 Å². The van der Waals surface area contributed by atoms with Gasteiger partial charge < -0.3 is 15.8 Å². The number of amides is 1. The first kappa shape index (κ1) is 21.2. The molecule has 1 fully saturated rings. The predicted molar refractivity (Wildman–Crippen MR) is 109 cm³/mol. The van der Waals surface area contributed by atoms with Crippen LogP contribution in [0.25, 0.3) is 0 Å². The highest BCUT2D eigenvalue weighted by molar-refractivity contribution is 5.94. The zero-order chi connectivity index (χ0) is 18.4. The Morgan fingerprint density at radius 1 is 1.15 bits per heavy atom. The number of halogens is 1. The molecule has 0 unspecified atom stereocenters. The normalized spacial score (nSPS) is 19.0. The van der Waals surface area contributed by atoms with E-state index in [1.54, 1.807) is 18.3 Å². The van der Waals surface area contributed by atoms with E-state index in [1.807, 2.05) is 24.3 Å². The van der Waals surface area contributed by atoms with Crippen molar-refractivity contribution < 1.29 is 9.53 Å². The molecule has 0 radical (unpaired) electrons. The van der Waals surface area contributed by atoms with E-state index in [2.05, 4.69) is 17.2 Å². The van der Waals surface area contributed by atoms with Gasteiger partial charge in [0.1, 0.15) is 6.10 Å². The van der Waals surface area contributed by atoms with Crippen molar-refractivity contribution >= 4 is 18.3 Å². The van der Waals surface area contributed by atoms with Crippen molar-refractivity contribution in [3.63, 3.8) is 0 Å². The Hall–Kier alpha value is -2.11. The van der Waals surface area contributed by atoms with Crippen LogP contribution in [0.5, 0.6) is 5.88 Å². The zero-order valence-corrected chi connectivity index (χ0v) is 16.5. The van der Waals surface area contributed by atoms with Crippen molar-refractivity contribution in [3.8, 4) is 5.88 Å². The van der Waals surface area contributed by atoms with Gasteiger partial charge in [0.2, 0.25) is 5.88 Å². The van der Waals surface area contributed by atoms with Gasteiger partial charge in [-0.3, -0.25) is 4.79 Å². The van der Waals surface area contributed by atoms with Gasteiger partial charge in [0.05, 0.1) is 0 Å². The second-order valence-electron chi connectivity index (χ2n) is 7.09. The Kier molecular flexibility index (Phi) is 8.07. The number of aromatic nitrogens is 1. The van der Waals surface area contributed by atoms with Crippen molar-refractivity contribution in [2.75, 3.05) is 0 Å². The molecule has 0 aliphatic heterocycles. The highest BCUT2D eigenvalue weighted by Gasteiger charge is 2.20. The van der Waals surface area contributed by atoms with Gasteiger partial charge in [-0.05, 0) is 60.9 Å². The first-order valence-electron chi connectivity index (χ1n) is 9.33. The van der Waals surface area contributed by atoms with Gasteiger partial charge in [0.25, 0.3) is 5.91 Å². The fourth-order valence-electron chi connectivity index (χ4n) is 3.22. The largest absolute Gasteiger partial charge is 0.474 e.